The molecular formula is C11H18N6O. The molecule has 1 fully saturated rings. The van der Waals surface area contributed by atoms with Crippen molar-refractivity contribution in [1.29, 1.82) is 0 Å². The maximum absolute atomic E-state index is 11.3. The molecule has 1 saturated heterocycles. The average Bonchev–Trinajstić information content (AvgIpc) is 2.27. The number of rotatable bonds is 2. The minimum atomic E-state index is -0.276. The van der Waals surface area contributed by atoms with Crippen molar-refractivity contribution in [3.63, 3.8) is 0 Å². The van der Waals surface area contributed by atoms with Gasteiger partial charge in [0.05, 0.1) is 5.92 Å². The van der Waals surface area contributed by atoms with Gasteiger partial charge in [0.2, 0.25) is 11.9 Å². The molecule has 7 heteroatoms. The maximum atomic E-state index is 11.3. The molecule has 1 amide bonds. The van der Waals surface area contributed by atoms with Gasteiger partial charge in [-0.1, -0.05) is 0 Å². The summed E-state index contributed by atoms with van der Waals surface area (Å²) in [7, 11) is 0. The fourth-order valence-electron chi connectivity index (χ4n) is 2.28. The first-order valence-electron chi connectivity index (χ1n) is 5.93. The van der Waals surface area contributed by atoms with E-state index >= 15 is 0 Å². The van der Waals surface area contributed by atoms with E-state index in [1.54, 1.807) is 6.07 Å². The van der Waals surface area contributed by atoms with Gasteiger partial charge in [-0.2, -0.15) is 9.97 Å². The molecule has 0 saturated carbocycles. The van der Waals surface area contributed by atoms with E-state index in [1.807, 2.05) is 4.90 Å². The molecule has 7 nitrogen and oxygen atoms in total. The molecule has 18 heavy (non-hydrogen) atoms. The van der Waals surface area contributed by atoms with Gasteiger partial charge in [-0.05, 0) is 19.8 Å². The average molecular weight is 250 g/mol. The van der Waals surface area contributed by atoms with Crippen LogP contribution in [0.1, 0.15) is 19.8 Å². The minimum absolute atomic E-state index is 0.137. The van der Waals surface area contributed by atoms with Crippen molar-refractivity contribution >= 4 is 23.5 Å². The zero-order chi connectivity index (χ0) is 13.3. The molecule has 6 N–H and O–H groups in total. The topological polar surface area (TPSA) is 124 Å². The fraction of sp³-hybridized carbons (Fsp3) is 0.545. The number of nitrogen functional groups attached to an aromatic ring is 2. The molecule has 0 aromatic carbocycles. The number of amides is 1. The van der Waals surface area contributed by atoms with Crippen molar-refractivity contribution in [3.8, 4) is 0 Å². The van der Waals surface area contributed by atoms with E-state index in [4.69, 9.17) is 17.2 Å². The highest BCUT2D eigenvalue weighted by molar-refractivity contribution is 5.77. The number of aromatic nitrogens is 2. The van der Waals surface area contributed by atoms with Crippen LogP contribution in [0.25, 0.3) is 0 Å². The second kappa shape index (κ2) is 4.67. The Morgan fingerprint density at radius 3 is 2.72 bits per heavy atom. The van der Waals surface area contributed by atoms with Crippen molar-refractivity contribution in [2.75, 3.05) is 22.9 Å². The molecule has 2 heterocycles. The van der Waals surface area contributed by atoms with Crippen molar-refractivity contribution in [1.82, 2.24) is 9.97 Å². The highest BCUT2D eigenvalue weighted by Gasteiger charge is 2.29. The van der Waals surface area contributed by atoms with Crippen LogP contribution in [0.4, 0.5) is 17.6 Å². The number of carbonyl (C=O) groups is 1. The Kier molecular flexibility index (Phi) is 3.22. The summed E-state index contributed by atoms with van der Waals surface area (Å²) < 4.78 is 0. The lowest BCUT2D eigenvalue weighted by atomic mass is 9.93. The summed E-state index contributed by atoms with van der Waals surface area (Å²) in [5.74, 6) is 0.684. The van der Waals surface area contributed by atoms with E-state index in [1.165, 1.54) is 0 Å². The van der Waals surface area contributed by atoms with E-state index in [0.717, 1.165) is 12.8 Å². The van der Waals surface area contributed by atoms with Gasteiger partial charge in [0.25, 0.3) is 0 Å². The number of piperidine rings is 1. The van der Waals surface area contributed by atoms with E-state index in [9.17, 15) is 4.79 Å². The summed E-state index contributed by atoms with van der Waals surface area (Å²) in [6, 6.07) is 1.94. The molecule has 0 radical (unpaired) electrons. The lowest BCUT2D eigenvalue weighted by Crippen LogP contribution is -2.46. The van der Waals surface area contributed by atoms with Crippen LogP contribution in [0.2, 0.25) is 0 Å². The number of carbonyl (C=O) groups excluding carboxylic acids is 1. The van der Waals surface area contributed by atoms with E-state index in [-0.39, 0.29) is 23.8 Å². The van der Waals surface area contributed by atoms with Gasteiger partial charge in [0.1, 0.15) is 11.6 Å². The van der Waals surface area contributed by atoms with Crippen LogP contribution < -0.4 is 22.1 Å². The Morgan fingerprint density at radius 2 is 2.11 bits per heavy atom. The number of hydrogen-bond acceptors (Lipinski definition) is 6. The molecule has 0 bridgehead atoms. The highest BCUT2D eigenvalue weighted by atomic mass is 16.1. The quantitative estimate of drug-likeness (QED) is 0.663. The number of primary amides is 1. The normalized spacial score (nSPS) is 23.9. The first-order valence-corrected chi connectivity index (χ1v) is 5.93. The van der Waals surface area contributed by atoms with Gasteiger partial charge in [0.15, 0.2) is 0 Å². The minimum Gasteiger partial charge on any atom is -0.383 e. The third kappa shape index (κ3) is 2.44. The van der Waals surface area contributed by atoms with Gasteiger partial charge in [-0.25, -0.2) is 0 Å². The van der Waals surface area contributed by atoms with Crippen LogP contribution in [0.5, 0.6) is 0 Å². The lowest BCUT2D eigenvalue weighted by molar-refractivity contribution is -0.122. The van der Waals surface area contributed by atoms with Crippen molar-refractivity contribution < 1.29 is 4.79 Å². The predicted octanol–water partition coefficient (Wildman–Crippen LogP) is -0.269. The van der Waals surface area contributed by atoms with E-state index in [2.05, 4.69) is 16.9 Å². The number of anilines is 3. The largest absolute Gasteiger partial charge is 0.383 e. The molecule has 98 valence electrons. The third-order valence-corrected chi connectivity index (χ3v) is 3.33. The summed E-state index contributed by atoms with van der Waals surface area (Å²) in [6.07, 6.45) is 1.69. The molecule has 1 aliphatic rings. The Morgan fingerprint density at radius 1 is 1.39 bits per heavy atom. The molecule has 2 atom stereocenters. The highest BCUT2D eigenvalue weighted by Crippen LogP contribution is 2.27. The van der Waals surface area contributed by atoms with Crippen LogP contribution in [0, 0.1) is 5.92 Å². The molecule has 1 aliphatic heterocycles. The molecule has 0 aliphatic carbocycles. The molecule has 1 aromatic rings. The van der Waals surface area contributed by atoms with Gasteiger partial charge in [0, 0.05) is 18.7 Å². The summed E-state index contributed by atoms with van der Waals surface area (Å²) in [5.41, 5.74) is 16.6. The van der Waals surface area contributed by atoms with Crippen LogP contribution in [0.15, 0.2) is 6.07 Å². The van der Waals surface area contributed by atoms with Crippen molar-refractivity contribution in [3.05, 3.63) is 6.07 Å². The molecule has 2 rings (SSSR count). The molecule has 0 spiro atoms. The second-order valence-electron chi connectivity index (χ2n) is 4.69. The molecule has 1 aromatic heterocycles. The number of hydrogen-bond donors (Lipinski definition) is 3. The zero-order valence-corrected chi connectivity index (χ0v) is 10.3. The number of nitrogens with zero attached hydrogens (tertiary/aromatic N) is 3. The second-order valence-corrected chi connectivity index (χ2v) is 4.69. The Labute approximate surface area is 105 Å². The monoisotopic (exact) mass is 250 g/mol. The SMILES string of the molecule is CC1CCC(C(N)=O)CN1c1cc(N)nc(N)n1. The van der Waals surface area contributed by atoms with Gasteiger partial charge >= 0.3 is 0 Å². The first kappa shape index (κ1) is 12.4. The predicted molar refractivity (Wildman–Crippen MR) is 69.6 cm³/mol. The smallest absolute Gasteiger partial charge is 0.223 e. The maximum Gasteiger partial charge on any atom is 0.223 e. The summed E-state index contributed by atoms with van der Waals surface area (Å²) >= 11 is 0. The van der Waals surface area contributed by atoms with Gasteiger partial charge in [-0.3, -0.25) is 4.79 Å². The van der Waals surface area contributed by atoms with Crippen LogP contribution in [0.3, 0.4) is 0 Å². The Balaban J connectivity index is 2.26. The standard InChI is InChI=1S/C11H18N6O/c1-6-2-3-7(10(13)18)5-17(6)9-4-8(12)15-11(14)16-9/h4,6-7H,2-3,5H2,1H3,(H2,13,18)(H4,12,14,15,16). The van der Waals surface area contributed by atoms with Gasteiger partial charge in [-0.15, -0.1) is 0 Å². The Bertz CT molecular complexity index is 443. The van der Waals surface area contributed by atoms with Crippen molar-refractivity contribution in [2.24, 2.45) is 11.7 Å². The first-order chi connectivity index (χ1) is 8.47. The summed E-state index contributed by atoms with van der Waals surface area (Å²) in [4.78, 5) is 21.3. The Hall–Kier alpha value is -2.05. The molecular weight excluding hydrogens is 232 g/mol. The molecule has 2 unspecified atom stereocenters. The van der Waals surface area contributed by atoms with E-state index in [0.29, 0.717) is 18.2 Å². The zero-order valence-electron chi connectivity index (χ0n) is 10.3. The van der Waals surface area contributed by atoms with Crippen LogP contribution in [-0.2, 0) is 4.79 Å². The fourth-order valence-corrected chi connectivity index (χ4v) is 2.28. The van der Waals surface area contributed by atoms with Crippen LogP contribution in [-0.4, -0.2) is 28.5 Å². The van der Waals surface area contributed by atoms with Crippen LogP contribution >= 0.6 is 0 Å². The van der Waals surface area contributed by atoms with Crippen molar-refractivity contribution in [2.45, 2.75) is 25.8 Å². The van der Waals surface area contributed by atoms with E-state index < -0.39 is 0 Å². The lowest BCUT2D eigenvalue weighted by Gasteiger charge is -2.37. The summed E-state index contributed by atoms with van der Waals surface area (Å²) in [6.45, 7) is 2.62. The van der Waals surface area contributed by atoms with Gasteiger partial charge < -0.3 is 22.1 Å². The summed E-state index contributed by atoms with van der Waals surface area (Å²) in [5, 5.41) is 0. The third-order valence-electron chi connectivity index (χ3n) is 3.33. The number of nitrogens with two attached hydrogens (primary N) is 3.